The maximum atomic E-state index is 12.6. The molecule has 2 atom stereocenters. The zero-order valence-corrected chi connectivity index (χ0v) is 36.8. The number of phosphoric ester groups is 1. The number of nitrogens with two attached hydrogens (primary N) is 1. The molecule has 10 heteroatoms. The van der Waals surface area contributed by atoms with Crippen LogP contribution in [-0.2, 0) is 32.7 Å². The minimum absolute atomic E-state index is 0.0561. The molecule has 2 unspecified atom stereocenters. The minimum atomic E-state index is -4.37. The lowest BCUT2D eigenvalue weighted by molar-refractivity contribution is -0.161. The second-order valence-corrected chi connectivity index (χ2v) is 17.1. The summed E-state index contributed by atoms with van der Waals surface area (Å²) in [6.07, 6.45) is 43.8. The largest absolute Gasteiger partial charge is 0.472 e. The Balaban J connectivity index is 4.08. The maximum Gasteiger partial charge on any atom is 0.472 e. The lowest BCUT2D eigenvalue weighted by Crippen LogP contribution is -2.29. The van der Waals surface area contributed by atoms with Crippen LogP contribution in [0.1, 0.15) is 232 Å². The van der Waals surface area contributed by atoms with Gasteiger partial charge in [0.05, 0.1) is 13.2 Å². The van der Waals surface area contributed by atoms with E-state index in [0.29, 0.717) is 6.42 Å². The number of ether oxygens (including phenoxy) is 2. The normalized spacial score (nSPS) is 13.3. The van der Waals surface area contributed by atoms with Gasteiger partial charge in [0.2, 0.25) is 0 Å². The molecule has 0 spiro atoms. The van der Waals surface area contributed by atoms with E-state index in [9.17, 15) is 19.0 Å². The third-order valence-corrected chi connectivity index (χ3v) is 11.1. The first-order chi connectivity index (χ1) is 26.8. The predicted octanol–water partition coefficient (Wildman–Crippen LogP) is 13.4. The van der Waals surface area contributed by atoms with Crippen LogP contribution in [-0.4, -0.2) is 49.3 Å². The molecule has 0 rings (SSSR count). The van der Waals surface area contributed by atoms with Gasteiger partial charge in [-0.05, 0) is 38.5 Å². The summed E-state index contributed by atoms with van der Waals surface area (Å²) < 4.78 is 32.8. The standard InChI is InChI=1S/C45H88NO8P/c1-3-5-7-9-11-13-15-17-19-20-21-22-24-26-28-30-32-34-36-38-45(48)54-43(42-53-55(49,50)52-40-39-46)41-51-44(47)37-35-33-31-29-27-25-23-18-16-14-12-10-8-6-4-2/h17,19,43H,3-16,18,20-42,46H2,1-2H3,(H,49,50). The summed E-state index contributed by atoms with van der Waals surface area (Å²) in [6, 6.07) is 0. The van der Waals surface area contributed by atoms with E-state index in [2.05, 4.69) is 26.0 Å². The molecule has 3 N–H and O–H groups in total. The Bertz CT molecular complexity index is 917. The van der Waals surface area contributed by atoms with Crippen molar-refractivity contribution in [2.45, 2.75) is 238 Å². The number of carbonyl (C=O) groups excluding carboxylic acids is 2. The van der Waals surface area contributed by atoms with Gasteiger partial charge in [-0.15, -0.1) is 0 Å². The van der Waals surface area contributed by atoms with E-state index in [4.69, 9.17) is 24.3 Å². The number of unbranched alkanes of at least 4 members (excludes halogenated alkanes) is 29. The Labute approximate surface area is 339 Å². The third-order valence-electron chi connectivity index (χ3n) is 10.2. The van der Waals surface area contributed by atoms with Gasteiger partial charge in [-0.2, -0.15) is 0 Å². The topological polar surface area (TPSA) is 134 Å². The van der Waals surface area contributed by atoms with Crippen LogP contribution in [0.3, 0.4) is 0 Å². The van der Waals surface area contributed by atoms with Gasteiger partial charge in [-0.25, -0.2) is 4.57 Å². The Morgan fingerprint density at radius 2 is 0.891 bits per heavy atom. The number of hydrogen-bond donors (Lipinski definition) is 2. The fourth-order valence-electron chi connectivity index (χ4n) is 6.69. The van der Waals surface area contributed by atoms with E-state index in [-0.39, 0.29) is 38.6 Å². The quantitative estimate of drug-likeness (QED) is 0.0267. The molecule has 0 aromatic carbocycles. The molecule has 0 saturated heterocycles. The highest BCUT2D eigenvalue weighted by atomic mass is 31.2. The zero-order valence-electron chi connectivity index (χ0n) is 35.9. The molecule has 326 valence electrons. The summed E-state index contributed by atoms with van der Waals surface area (Å²) >= 11 is 0. The van der Waals surface area contributed by atoms with Gasteiger partial charge in [0, 0.05) is 19.4 Å². The monoisotopic (exact) mass is 802 g/mol. The fourth-order valence-corrected chi connectivity index (χ4v) is 7.45. The van der Waals surface area contributed by atoms with Gasteiger partial charge in [0.1, 0.15) is 6.61 Å². The highest BCUT2D eigenvalue weighted by Gasteiger charge is 2.26. The first-order valence-electron chi connectivity index (χ1n) is 23.2. The number of rotatable bonds is 44. The molecule has 0 aliphatic heterocycles. The van der Waals surface area contributed by atoms with E-state index in [1.165, 1.54) is 161 Å². The second-order valence-electron chi connectivity index (χ2n) is 15.6. The number of hydrogen-bond acceptors (Lipinski definition) is 8. The van der Waals surface area contributed by atoms with Crippen LogP contribution in [0.15, 0.2) is 12.2 Å². The van der Waals surface area contributed by atoms with Crippen molar-refractivity contribution in [2.24, 2.45) is 5.73 Å². The molecule has 0 aromatic heterocycles. The third kappa shape index (κ3) is 42.2. The fraction of sp³-hybridized carbons (Fsp3) is 0.911. The van der Waals surface area contributed by atoms with Crippen molar-refractivity contribution in [3.63, 3.8) is 0 Å². The Morgan fingerprint density at radius 1 is 0.527 bits per heavy atom. The summed E-state index contributed by atoms with van der Waals surface area (Å²) in [5, 5.41) is 0. The van der Waals surface area contributed by atoms with Crippen molar-refractivity contribution in [3.8, 4) is 0 Å². The molecular formula is C45H88NO8P. The first kappa shape index (κ1) is 53.8. The van der Waals surface area contributed by atoms with Crippen LogP contribution in [0.4, 0.5) is 0 Å². The highest BCUT2D eigenvalue weighted by Crippen LogP contribution is 2.43. The molecule has 0 bridgehead atoms. The van der Waals surface area contributed by atoms with Gasteiger partial charge < -0.3 is 20.1 Å². The van der Waals surface area contributed by atoms with E-state index in [0.717, 1.165) is 38.5 Å². The van der Waals surface area contributed by atoms with Crippen molar-refractivity contribution < 1.29 is 37.6 Å². The Morgan fingerprint density at radius 3 is 1.29 bits per heavy atom. The Kier molecular flexibility index (Phi) is 41.4. The van der Waals surface area contributed by atoms with Crippen molar-refractivity contribution in [1.29, 1.82) is 0 Å². The van der Waals surface area contributed by atoms with Crippen molar-refractivity contribution in [1.82, 2.24) is 0 Å². The average Bonchev–Trinajstić information content (AvgIpc) is 3.17. The van der Waals surface area contributed by atoms with Crippen molar-refractivity contribution >= 4 is 19.8 Å². The molecule has 0 radical (unpaired) electrons. The summed E-state index contributed by atoms with van der Waals surface area (Å²) in [6.45, 7) is 3.76. The summed E-state index contributed by atoms with van der Waals surface area (Å²) in [4.78, 5) is 34.9. The van der Waals surface area contributed by atoms with Gasteiger partial charge >= 0.3 is 19.8 Å². The van der Waals surface area contributed by atoms with E-state index in [1.807, 2.05) is 0 Å². The van der Waals surface area contributed by atoms with Gasteiger partial charge in [-0.3, -0.25) is 18.6 Å². The highest BCUT2D eigenvalue weighted by molar-refractivity contribution is 7.47. The SMILES string of the molecule is CCCCCCCCC=CCCCCCCCCCCCC(=O)OC(COC(=O)CCCCCCCCCCCCCCCCC)COP(=O)(O)OCCN. The molecule has 0 fully saturated rings. The molecule has 9 nitrogen and oxygen atoms in total. The van der Waals surface area contributed by atoms with Gasteiger partial charge in [-0.1, -0.05) is 193 Å². The second kappa shape index (κ2) is 42.4. The number of esters is 2. The summed E-state index contributed by atoms with van der Waals surface area (Å²) in [7, 11) is -4.37. The molecule has 0 aromatic rings. The van der Waals surface area contributed by atoms with Crippen molar-refractivity contribution in [2.75, 3.05) is 26.4 Å². The molecule has 0 amide bonds. The predicted molar refractivity (Wildman–Crippen MR) is 229 cm³/mol. The summed E-state index contributed by atoms with van der Waals surface area (Å²) in [5.74, 6) is -0.818. The van der Waals surface area contributed by atoms with Crippen LogP contribution in [0, 0.1) is 0 Å². The van der Waals surface area contributed by atoms with Crippen LogP contribution >= 0.6 is 7.82 Å². The molecular weight excluding hydrogens is 713 g/mol. The smallest absolute Gasteiger partial charge is 0.462 e. The van der Waals surface area contributed by atoms with Crippen LogP contribution < -0.4 is 5.73 Å². The lowest BCUT2D eigenvalue weighted by atomic mass is 10.0. The molecule has 55 heavy (non-hydrogen) atoms. The summed E-state index contributed by atoms with van der Waals surface area (Å²) in [5.41, 5.74) is 5.35. The van der Waals surface area contributed by atoms with Gasteiger partial charge in [0.15, 0.2) is 6.10 Å². The number of allylic oxidation sites excluding steroid dienone is 2. The Hall–Kier alpha value is -1.25. The first-order valence-corrected chi connectivity index (χ1v) is 24.7. The minimum Gasteiger partial charge on any atom is -0.462 e. The molecule has 0 heterocycles. The number of carbonyl (C=O) groups is 2. The number of phosphoric acid groups is 1. The maximum absolute atomic E-state index is 12.6. The lowest BCUT2D eigenvalue weighted by Gasteiger charge is -2.19. The van der Waals surface area contributed by atoms with Crippen LogP contribution in [0.25, 0.3) is 0 Å². The van der Waals surface area contributed by atoms with Crippen molar-refractivity contribution in [3.05, 3.63) is 12.2 Å². The van der Waals surface area contributed by atoms with Gasteiger partial charge in [0.25, 0.3) is 0 Å². The molecule has 0 aliphatic carbocycles. The zero-order chi connectivity index (χ0) is 40.3. The molecule has 0 aliphatic rings. The van der Waals surface area contributed by atoms with E-state index < -0.39 is 26.5 Å². The van der Waals surface area contributed by atoms with E-state index >= 15 is 0 Å². The van der Waals surface area contributed by atoms with Crippen LogP contribution in [0.5, 0.6) is 0 Å². The van der Waals surface area contributed by atoms with Crippen LogP contribution in [0.2, 0.25) is 0 Å². The average molecular weight is 802 g/mol. The van der Waals surface area contributed by atoms with E-state index in [1.54, 1.807) is 0 Å². The molecule has 0 saturated carbocycles.